The lowest BCUT2D eigenvalue weighted by Crippen LogP contribution is -2.46. The molecule has 0 saturated carbocycles. The van der Waals surface area contributed by atoms with Gasteiger partial charge in [-0.1, -0.05) is 83.5 Å². The number of esters is 2. The van der Waals surface area contributed by atoms with E-state index in [1.807, 2.05) is 18.2 Å². The van der Waals surface area contributed by atoms with Crippen LogP contribution in [0.2, 0.25) is 0 Å². The van der Waals surface area contributed by atoms with E-state index in [0.717, 1.165) is 94.0 Å². The van der Waals surface area contributed by atoms with Gasteiger partial charge in [0, 0.05) is 49.4 Å². The molecule has 0 aliphatic carbocycles. The summed E-state index contributed by atoms with van der Waals surface area (Å²) in [4.78, 5) is 31.6. The molecular formula is C47H60N2O5S. The Bertz CT molecular complexity index is 1770. The quantitative estimate of drug-likeness (QED) is 0.0265. The Morgan fingerprint density at radius 1 is 0.764 bits per heavy atom. The highest BCUT2D eigenvalue weighted by atomic mass is 32.2. The van der Waals surface area contributed by atoms with Crippen LogP contribution in [0.1, 0.15) is 87.7 Å². The van der Waals surface area contributed by atoms with Gasteiger partial charge in [-0.05, 0) is 114 Å². The highest BCUT2D eigenvalue weighted by molar-refractivity contribution is 7.99. The summed E-state index contributed by atoms with van der Waals surface area (Å²) in [6.45, 7) is 15.4. The first-order valence-corrected chi connectivity index (χ1v) is 20.6. The third-order valence-electron chi connectivity index (χ3n) is 9.53. The van der Waals surface area contributed by atoms with E-state index in [0.29, 0.717) is 23.7 Å². The van der Waals surface area contributed by atoms with Crippen molar-refractivity contribution in [2.45, 2.75) is 77.7 Å². The minimum atomic E-state index is -0.451. The first kappa shape index (κ1) is 43.4. The minimum Gasteiger partial charge on any atom is -0.493 e. The van der Waals surface area contributed by atoms with Crippen LogP contribution in [0.4, 0.5) is 0 Å². The fourth-order valence-electron chi connectivity index (χ4n) is 6.24. The highest BCUT2D eigenvalue weighted by Crippen LogP contribution is 2.31. The number of carbonyl (C=O) groups is 2. The Hall–Kier alpha value is -4.37. The minimum absolute atomic E-state index is 0.310. The standard InChI is InChI=1S/C47H60N2O5S/c1-37(2)15-13-16-38(3)17-14-18-39(4)27-34-55-45-22-10-9-21-42(45)47(51)54-43-25-23-40(35-44(43)52-5)24-26-46(50)53-33-12-11-28-48-29-31-49(32-30-48)36-41-19-7-6-8-20-41/h6-10,15,17,19-27,35H,11-14,16,18,28-34,36H2,1-5H3/b26-24+,38-17+,39-27+. The number of thioether (sulfide) groups is 1. The van der Waals surface area contributed by atoms with Gasteiger partial charge < -0.3 is 19.1 Å². The van der Waals surface area contributed by atoms with Crippen molar-refractivity contribution in [2.75, 3.05) is 52.2 Å². The van der Waals surface area contributed by atoms with E-state index < -0.39 is 5.97 Å². The number of hydrogen-bond donors (Lipinski definition) is 0. The fourth-order valence-corrected chi connectivity index (χ4v) is 7.27. The smallest absolute Gasteiger partial charge is 0.344 e. The number of ether oxygens (including phenoxy) is 3. The molecule has 7 nitrogen and oxygen atoms in total. The molecule has 1 aliphatic rings. The lowest BCUT2D eigenvalue weighted by Gasteiger charge is -2.34. The molecule has 0 unspecified atom stereocenters. The molecule has 1 saturated heterocycles. The molecule has 3 aromatic rings. The Morgan fingerprint density at radius 3 is 2.20 bits per heavy atom. The summed E-state index contributed by atoms with van der Waals surface area (Å²) in [6.07, 6.45) is 16.0. The predicted molar refractivity (Wildman–Crippen MR) is 228 cm³/mol. The molecule has 294 valence electrons. The first-order valence-electron chi connectivity index (χ1n) is 19.6. The summed E-state index contributed by atoms with van der Waals surface area (Å²) in [5, 5.41) is 0. The van der Waals surface area contributed by atoms with Crippen LogP contribution in [0.15, 0.2) is 119 Å². The van der Waals surface area contributed by atoms with E-state index in [2.05, 4.69) is 86.1 Å². The van der Waals surface area contributed by atoms with Gasteiger partial charge in [0.1, 0.15) is 0 Å². The summed E-state index contributed by atoms with van der Waals surface area (Å²) < 4.78 is 16.8. The molecule has 0 atom stereocenters. The van der Waals surface area contributed by atoms with Gasteiger partial charge in [-0.25, -0.2) is 9.59 Å². The van der Waals surface area contributed by atoms with Crippen LogP contribution < -0.4 is 9.47 Å². The van der Waals surface area contributed by atoms with Gasteiger partial charge in [0.25, 0.3) is 0 Å². The van der Waals surface area contributed by atoms with Crippen molar-refractivity contribution >= 4 is 29.8 Å². The van der Waals surface area contributed by atoms with Crippen LogP contribution in [-0.2, 0) is 16.1 Å². The van der Waals surface area contributed by atoms with Crippen LogP contribution in [0, 0.1) is 0 Å². The predicted octanol–water partition coefficient (Wildman–Crippen LogP) is 10.6. The molecule has 55 heavy (non-hydrogen) atoms. The van der Waals surface area contributed by atoms with Crippen LogP contribution in [0.5, 0.6) is 11.5 Å². The lowest BCUT2D eigenvalue weighted by molar-refractivity contribution is -0.137. The van der Waals surface area contributed by atoms with Crippen molar-refractivity contribution in [3.63, 3.8) is 0 Å². The Balaban J connectivity index is 1.17. The van der Waals surface area contributed by atoms with Crippen LogP contribution in [0.25, 0.3) is 6.08 Å². The van der Waals surface area contributed by atoms with Gasteiger partial charge in [-0.15, -0.1) is 11.8 Å². The molecule has 0 radical (unpaired) electrons. The highest BCUT2D eigenvalue weighted by Gasteiger charge is 2.18. The summed E-state index contributed by atoms with van der Waals surface area (Å²) >= 11 is 1.62. The average Bonchev–Trinajstić information content (AvgIpc) is 3.18. The van der Waals surface area contributed by atoms with Gasteiger partial charge >= 0.3 is 11.9 Å². The second kappa shape index (κ2) is 24.2. The SMILES string of the molecule is COc1cc(/C=C/C(=O)OCCCCN2CCN(Cc3ccccc3)CC2)ccc1OC(=O)c1ccccc1SC/C=C(\C)CC/C=C(\C)CCC=C(C)C. The Kier molecular flexibility index (Phi) is 19.1. The molecule has 8 heteroatoms. The number of rotatable bonds is 21. The zero-order valence-electron chi connectivity index (χ0n) is 33.6. The summed E-state index contributed by atoms with van der Waals surface area (Å²) in [5.41, 5.74) is 6.74. The lowest BCUT2D eigenvalue weighted by atomic mass is 10.1. The maximum absolute atomic E-state index is 13.3. The zero-order valence-corrected chi connectivity index (χ0v) is 34.4. The third-order valence-corrected chi connectivity index (χ3v) is 10.5. The van der Waals surface area contributed by atoms with Crippen LogP contribution >= 0.6 is 11.8 Å². The van der Waals surface area contributed by atoms with E-state index in [1.54, 1.807) is 42.1 Å². The number of allylic oxidation sites excluding steroid dienone is 5. The zero-order chi connectivity index (χ0) is 39.3. The molecule has 4 rings (SSSR count). The number of hydrogen-bond acceptors (Lipinski definition) is 8. The normalized spacial score (nSPS) is 14.2. The molecule has 3 aromatic carbocycles. The van der Waals surface area contributed by atoms with Gasteiger partial charge in [0.15, 0.2) is 11.5 Å². The molecule has 1 aliphatic heterocycles. The molecule has 0 amide bonds. The van der Waals surface area contributed by atoms with Crippen molar-refractivity contribution in [1.29, 1.82) is 0 Å². The number of methoxy groups -OCH3 is 1. The molecule has 1 fully saturated rings. The maximum atomic E-state index is 13.3. The first-order chi connectivity index (χ1) is 26.7. The monoisotopic (exact) mass is 764 g/mol. The Morgan fingerprint density at radius 2 is 1.45 bits per heavy atom. The number of unbranched alkanes of at least 4 members (excludes halogenated alkanes) is 1. The van der Waals surface area contributed by atoms with E-state index in [4.69, 9.17) is 14.2 Å². The fraction of sp³-hybridized carbons (Fsp3) is 0.404. The van der Waals surface area contributed by atoms with E-state index in [1.165, 1.54) is 35.5 Å². The van der Waals surface area contributed by atoms with Crippen molar-refractivity contribution in [3.8, 4) is 11.5 Å². The van der Waals surface area contributed by atoms with Crippen molar-refractivity contribution in [1.82, 2.24) is 9.80 Å². The van der Waals surface area contributed by atoms with Gasteiger partial charge in [-0.2, -0.15) is 0 Å². The number of nitrogens with zero attached hydrogens (tertiary/aromatic N) is 2. The average molecular weight is 765 g/mol. The van der Waals surface area contributed by atoms with Gasteiger partial charge in [0.05, 0.1) is 19.3 Å². The maximum Gasteiger partial charge on any atom is 0.344 e. The van der Waals surface area contributed by atoms with Crippen molar-refractivity contribution in [2.24, 2.45) is 0 Å². The van der Waals surface area contributed by atoms with Crippen LogP contribution in [0.3, 0.4) is 0 Å². The summed E-state index contributed by atoms with van der Waals surface area (Å²) in [5.74, 6) is 0.632. The molecule has 1 heterocycles. The second-order valence-electron chi connectivity index (χ2n) is 14.4. The molecule has 0 N–H and O–H groups in total. The van der Waals surface area contributed by atoms with E-state index in [9.17, 15) is 9.59 Å². The molecule has 0 bridgehead atoms. The van der Waals surface area contributed by atoms with Crippen molar-refractivity contribution in [3.05, 3.63) is 131 Å². The number of piperazine rings is 1. The van der Waals surface area contributed by atoms with Crippen molar-refractivity contribution < 1.29 is 23.8 Å². The number of carbonyl (C=O) groups excluding carboxylic acids is 2. The van der Waals surface area contributed by atoms with Gasteiger partial charge in [-0.3, -0.25) is 4.90 Å². The topological polar surface area (TPSA) is 68.3 Å². The third kappa shape index (κ3) is 16.5. The largest absolute Gasteiger partial charge is 0.493 e. The van der Waals surface area contributed by atoms with E-state index >= 15 is 0 Å². The summed E-state index contributed by atoms with van der Waals surface area (Å²) in [7, 11) is 1.53. The second-order valence-corrected chi connectivity index (χ2v) is 15.4. The number of benzene rings is 3. The van der Waals surface area contributed by atoms with E-state index in [-0.39, 0.29) is 5.97 Å². The molecule has 0 aromatic heterocycles. The van der Waals surface area contributed by atoms with Gasteiger partial charge in [0.2, 0.25) is 0 Å². The molecule has 0 spiro atoms. The molecular weight excluding hydrogens is 705 g/mol. The Labute approximate surface area is 334 Å². The van der Waals surface area contributed by atoms with Crippen LogP contribution in [-0.4, -0.2) is 73.9 Å². The summed E-state index contributed by atoms with van der Waals surface area (Å²) in [6, 6.07) is 23.3.